The zero-order valence-corrected chi connectivity index (χ0v) is 28.3. The molecule has 1 aliphatic heterocycles. The van der Waals surface area contributed by atoms with Crippen molar-refractivity contribution >= 4 is 51.0 Å². The Kier molecular flexibility index (Phi) is 7.10. The standard InChI is InChI=1S/C48H32N4/c1-4-15-33(16-5-1)41-32-46(50-48(49-41)36-18-6-2-7-19-36)52-43-25-13-11-22-40(43)47-39(23-14-26-44(47)52)37-30-29-35-28-27-34-17-10-12-24-42(34)51(45(35)31-37)38-20-8-3-9-21-38/h1-32H. The summed E-state index contributed by atoms with van der Waals surface area (Å²) in [6.45, 7) is 0. The van der Waals surface area contributed by atoms with Gasteiger partial charge in [-0.15, -0.1) is 0 Å². The first kappa shape index (κ1) is 29.8. The van der Waals surface area contributed by atoms with E-state index in [1.165, 1.54) is 27.5 Å². The van der Waals surface area contributed by atoms with Crippen LogP contribution in [0, 0.1) is 0 Å². The van der Waals surface area contributed by atoms with Crippen molar-refractivity contribution in [1.82, 2.24) is 14.5 Å². The quantitative estimate of drug-likeness (QED) is 0.184. The minimum Gasteiger partial charge on any atom is -0.309 e. The van der Waals surface area contributed by atoms with E-state index in [4.69, 9.17) is 9.97 Å². The summed E-state index contributed by atoms with van der Waals surface area (Å²) in [5.74, 6) is 1.52. The van der Waals surface area contributed by atoms with E-state index in [2.05, 4.69) is 179 Å². The van der Waals surface area contributed by atoms with E-state index in [0.29, 0.717) is 5.82 Å². The molecule has 0 bridgehead atoms. The van der Waals surface area contributed by atoms with Crippen molar-refractivity contribution in [3.8, 4) is 39.6 Å². The molecule has 10 rings (SSSR count). The highest BCUT2D eigenvalue weighted by Gasteiger charge is 2.23. The third kappa shape index (κ3) is 5.00. The maximum absolute atomic E-state index is 5.24. The molecule has 7 aromatic carbocycles. The molecule has 0 saturated carbocycles. The number of hydrogen-bond acceptors (Lipinski definition) is 3. The topological polar surface area (TPSA) is 34.0 Å². The van der Waals surface area contributed by atoms with Gasteiger partial charge in [-0.25, -0.2) is 9.97 Å². The van der Waals surface area contributed by atoms with Crippen molar-refractivity contribution in [3.05, 3.63) is 193 Å². The molecule has 0 aliphatic carbocycles. The van der Waals surface area contributed by atoms with Crippen LogP contribution in [0.4, 0.5) is 17.1 Å². The van der Waals surface area contributed by atoms with Crippen LogP contribution >= 0.6 is 0 Å². The number of rotatable bonds is 5. The highest BCUT2D eigenvalue weighted by Crippen LogP contribution is 2.45. The number of para-hydroxylation sites is 3. The van der Waals surface area contributed by atoms with Gasteiger partial charge in [0.1, 0.15) is 5.82 Å². The molecular formula is C48H32N4. The maximum Gasteiger partial charge on any atom is 0.162 e. The summed E-state index contributed by atoms with van der Waals surface area (Å²) in [4.78, 5) is 12.7. The lowest BCUT2D eigenvalue weighted by Gasteiger charge is -2.27. The third-order valence-electron chi connectivity index (χ3n) is 9.96. The van der Waals surface area contributed by atoms with Crippen molar-refractivity contribution in [2.24, 2.45) is 0 Å². The van der Waals surface area contributed by atoms with Gasteiger partial charge in [0.25, 0.3) is 0 Å². The second-order valence-electron chi connectivity index (χ2n) is 13.1. The van der Waals surface area contributed by atoms with Gasteiger partial charge in [0, 0.05) is 33.7 Å². The van der Waals surface area contributed by atoms with Crippen molar-refractivity contribution < 1.29 is 0 Å². The van der Waals surface area contributed by atoms with Crippen LogP contribution in [0.5, 0.6) is 0 Å². The SMILES string of the molecule is C1=Cc2ccc(-c3cccc4c3c3ccccc3n4-c3cc(-c4ccccc4)nc(-c4ccccc4)n3)cc2N(c2ccccc2)c2ccccc21. The lowest BCUT2D eigenvalue weighted by molar-refractivity contribution is 1.05. The van der Waals surface area contributed by atoms with E-state index in [1.807, 2.05) is 24.3 Å². The van der Waals surface area contributed by atoms with E-state index in [9.17, 15) is 0 Å². The smallest absolute Gasteiger partial charge is 0.162 e. The van der Waals surface area contributed by atoms with Crippen molar-refractivity contribution in [2.75, 3.05) is 4.90 Å². The molecule has 52 heavy (non-hydrogen) atoms. The molecule has 0 saturated heterocycles. The van der Waals surface area contributed by atoms with E-state index >= 15 is 0 Å². The molecule has 1 aliphatic rings. The Hall–Kier alpha value is -7.04. The molecular weight excluding hydrogens is 633 g/mol. The average molecular weight is 665 g/mol. The van der Waals surface area contributed by atoms with Crippen LogP contribution < -0.4 is 4.90 Å². The molecule has 0 fully saturated rings. The summed E-state index contributed by atoms with van der Waals surface area (Å²) in [6, 6.07) is 64.1. The van der Waals surface area contributed by atoms with Gasteiger partial charge in [-0.2, -0.15) is 0 Å². The lowest BCUT2D eigenvalue weighted by Crippen LogP contribution is -2.11. The zero-order chi connectivity index (χ0) is 34.4. The molecule has 4 heteroatoms. The van der Waals surface area contributed by atoms with Crippen LogP contribution in [0.25, 0.3) is 73.5 Å². The van der Waals surface area contributed by atoms with Gasteiger partial charge in [-0.3, -0.25) is 4.57 Å². The lowest BCUT2D eigenvalue weighted by atomic mass is 9.97. The molecule has 3 heterocycles. The van der Waals surface area contributed by atoms with E-state index in [0.717, 1.165) is 56.3 Å². The van der Waals surface area contributed by atoms with Crippen LogP contribution in [-0.4, -0.2) is 14.5 Å². The van der Waals surface area contributed by atoms with Gasteiger partial charge in [-0.05, 0) is 58.7 Å². The molecule has 0 unspecified atom stereocenters. The van der Waals surface area contributed by atoms with Gasteiger partial charge in [0.15, 0.2) is 5.82 Å². The summed E-state index contributed by atoms with van der Waals surface area (Å²) in [5, 5.41) is 2.37. The fourth-order valence-corrected chi connectivity index (χ4v) is 7.57. The number of anilines is 3. The van der Waals surface area contributed by atoms with E-state index in [-0.39, 0.29) is 0 Å². The van der Waals surface area contributed by atoms with Crippen molar-refractivity contribution in [3.63, 3.8) is 0 Å². The first-order valence-electron chi connectivity index (χ1n) is 17.6. The number of hydrogen-bond donors (Lipinski definition) is 0. The summed E-state index contributed by atoms with van der Waals surface area (Å²) in [6.07, 6.45) is 4.46. The fraction of sp³-hybridized carbons (Fsp3) is 0. The summed E-state index contributed by atoms with van der Waals surface area (Å²) in [5.41, 5.74) is 13.2. The van der Waals surface area contributed by atoms with Gasteiger partial charge in [-0.1, -0.05) is 152 Å². The predicted octanol–water partition coefficient (Wildman–Crippen LogP) is 12.5. The van der Waals surface area contributed by atoms with E-state index in [1.54, 1.807) is 0 Å². The molecule has 0 radical (unpaired) electrons. The van der Waals surface area contributed by atoms with Gasteiger partial charge >= 0.3 is 0 Å². The van der Waals surface area contributed by atoms with Crippen LogP contribution in [-0.2, 0) is 0 Å². The Morgan fingerprint density at radius 2 is 1.08 bits per heavy atom. The third-order valence-corrected chi connectivity index (χ3v) is 9.96. The zero-order valence-electron chi connectivity index (χ0n) is 28.3. The molecule has 0 amide bonds. The Morgan fingerprint density at radius 3 is 1.88 bits per heavy atom. The first-order chi connectivity index (χ1) is 25.8. The van der Waals surface area contributed by atoms with Crippen LogP contribution in [0.2, 0.25) is 0 Å². The largest absolute Gasteiger partial charge is 0.309 e. The van der Waals surface area contributed by atoms with E-state index < -0.39 is 0 Å². The monoisotopic (exact) mass is 664 g/mol. The second kappa shape index (κ2) is 12.4. The minimum atomic E-state index is 0.694. The van der Waals surface area contributed by atoms with Crippen LogP contribution in [0.3, 0.4) is 0 Å². The molecule has 0 N–H and O–H groups in total. The highest BCUT2D eigenvalue weighted by atomic mass is 15.1. The number of aromatic nitrogens is 3. The molecule has 0 atom stereocenters. The summed E-state index contributed by atoms with van der Waals surface area (Å²) in [7, 11) is 0. The number of benzene rings is 7. The Labute approximate surface area is 302 Å². The predicted molar refractivity (Wildman–Crippen MR) is 216 cm³/mol. The van der Waals surface area contributed by atoms with Crippen molar-refractivity contribution in [1.29, 1.82) is 0 Å². The molecule has 2 aromatic heterocycles. The first-order valence-corrected chi connectivity index (χ1v) is 17.6. The molecule has 244 valence electrons. The normalized spacial score (nSPS) is 12.1. The number of fused-ring (bicyclic) bond motifs is 5. The van der Waals surface area contributed by atoms with Gasteiger partial charge < -0.3 is 4.90 Å². The van der Waals surface area contributed by atoms with Crippen molar-refractivity contribution in [2.45, 2.75) is 0 Å². The molecule has 9 aromatic rings. The summed E-state index contributed by atoms with van der Waals surface area (Å²) >= 11 is 0. The minimum absolute atomic E-state index is 0.694. The Morgan fingerprint density at radius 1 is 0.423 bits per heavy atom. The maximum atomic E-state index is 5.24. The molecule has 4 nitrogen and oxygen atoms in total. The number of nitrogens with zero attached hydrogens (tertiary/aromatic N) is 4. The van der Waals surface area contributed by atoms with Crippen LogP contribution in [0.15, 0.2) is 182 Å². The Balaban J connectivity index is 1.21. The average Bonchev–Trinajstić information content (AvgIpc) is 3.47. The highest BCUT2D eigenvalue weighted by molar-refractivity contribution is 6.16. The fourth-order valence-electron chi connectivity index (χ4n) is 7.57. The van der Waals surface area contributed by atoms with Crippen LogP contribution in [0.1, 0.15) is 11.1 Å². The summed E-state index contributed by atoms with van der Waals surface area (Å²) < 4.78 is 2.30. The Bertz CT molecular complexity index is 2730. The van der Waals surface area contributed by atoms with Gasteiger partial charge in [0.2, 0.25) is 0 Å². The molecule has 0 spiro atoms. The van der Waals surface area contributed by atoms with Gasteiger partial charge in [0.05, 0.1) is 28.1 Å². The second-order valence-corrected chi connectivity index (χ2v) is 13.1.